The number of hydrogen-bond donors (Lipinski definition) is 2. The van der Waals surface area contributed by atoms with E-state index in [4.69, 9.17) is 4.74 Å². The van der Waals surface area contributed by atoms with Gasteiger partial charge in [-0.05, 0) is 35.1 Å². The summed E-state index contributed by atoms with van der Waals surface area (Å²) in [5, 5.41) is 11.3. The highest BCUT2D eigenvalue weighted by molar-refractivity contribution is 7.12. The predicted molar refractivity (Wildman–Crippen MR) is 132 cm³/mol. The standard InChI is InChI=1S/C24H25F3N6O2S/c1-14(2)21(24(25,26)27)32-23(34)19-8-16(13-36-19)18-11-31-33-12-17(10-30-22(18)33)15-4-5-20(29-9-15)28-6-7-35-3/h4-5,8-14,21H,6-7H2,1-3H3,(H,28,29)(H,32,34)/t21-/m1/s1. The Kier molecular flexibility index (Phi) is 7.55. The Labute approximate surface area is 209 Å². The molecule has 0 fully saturated rings. The molecule has 0 aliphatic carbocycles. The molecule has 12 heteroatoms. The Balaban J connectivity index is 1.52. The fourth-order valence-electron chi connectivity index (χ4n) is 3.61. The number of aromatic nitrogens is 4. The van der Waals surface area contributed by atoms with Crippen LogP contribution in [0.4, 0.5) is 19.0 Å². The highest BCUT2D eigenvalue weighted by Crippen LogP contribution is 2.31. The minimum Gasteiger partial charge on any atom is -0.383 e. The number of anilines is 1. The van der Waals surface area contributed by atoms with E-state index in [0.717, 1.165) is 28.3 Å². The van der Waals surface area contributed by atoms with Gasteiger partial charge in [0, 0.05) is 48.9 Å². The Morgan fingerprint density at radius 1 is 1.14 bits per heavy atom. The SMILES string of the molecule is COCCNc1ccc(-c2cnc3c(-c4csc(C(=O)N[C@H](C(C)C)C(F)(F)F)c4)cnn3c2)cn1. The van der Waals surface area contributed by atoms with E-state index in [0.29, 0.717) is 29.9 Å². The number of ether oxygens (including phenoxy) is 1. The first kappa shape index (κ1) is 25.6. The van der Waals surface area contributed by atoms with Crippen molar-refractivity contribution in [3.63, 3.8) is 0 Å². The molecule has 4 rings (SSSR count). The van der Waals surface area contributed by atoms with E-state index in [1.165, 1.54) is 13.8 Å². The maximum atomic E-state index is 13.2. The van der Waals surface area contributed by atoms with Crippen LogP contribution in [0.2, 0.25) is 0 Å². The van der Waals surface area contributed by atoms with Crippen LogP contribution in [0, 0.1) is 5.92 Å². The largest absolute Gasteiger partial charge is 0.408 e. The molecule has 1 atom stereocenters. The zero-order chi connectivity index (χ0) is 25.9. The number of rotatable bonds is 9. The normalized spacial score (nSPS) is 12.8. The van der Waals surface area contributed by atoms with E-state index in [9.17, 15) is 18.0 Å². The Morgan fingerprint density at radius 3 is 2.58 bits per heavy atom. The van der Waals surface area contributed by atoms with Crippen LogP contribution in [-0.4, -0.2) is 58.0 Å². The number of nitrogens with zero attached hydrogens (tertiary/aromatic N) is 4. The van der Waals surface area contributed by atoms with Crippen molar-refractivity contribution in [1.29, 1.82) is 0 Å². The third-order valence-electron chi connectivity index (χ3n) is 5.51. The highest BCUT2D eigenvalue weighted by Gasteiger charge is 2.42. The quantitative estimate of drug-likeness (QED) is 0.307. The molecule has 1 amide bonds. The first-order valence-corrected chi connectivity index (χ1v) is 12.0. The number of carbonyl (C=O) groups excluding carboxylic acids is 1. The molecule has 190 valence electrons. The van der Waals surface area contributed by atoms with Crippen LogP contribution in [0.5, 0.6) is 0 Å². The summed E-state index contributed by atoms with van der Waals surface area (Å²) >= 11 is 1.07. The molecule has 36 heavy (non-hydrogen) atoms. The molecular weight excluding hydrogens is 493 g/mol. The molecule has 0 aliphatic heterocycles. The van der Waals surface area contributed by atoms with Crippen LogP contribution in [0.1, 0.15) is 23.5 Å². The molecule has 2 N–H and O–H groups in total. The number of pyridine rings is 1. The molecule has 4 aromatic rings. The molecule has 0 aliphatic rings. The van der Waals surface area contributed by atoms with Gasteiger partial charge in [-0.15, -0.1) is 11.3 Å². The average molecular weight is 519 g/mol. The van der Waals surface area contributed by atoms with Gasteiger partial charge in [0.15, 0.2) is 5.65 Å². The van der Waals surface area contributed by atoms with Gasteiger partial charge in [-0.2, -0.15) is 18.3 Å². The molecule has 4 aromatic heterocycles. The molecule has 4 heterocycles. The summed E-state index contributed by atoms with van der Waals surface area (Å²) < 4.78 is 46.4. The number of alkyl halides is 3. The fourth-order valence-corrected chi connectivity index (χ4v) is 4.42. The predicted octanol–water partition coefficient (Wildman–Crippen LogP) is 4.89. The van der Waals surface area contributed by atoms with Crippen molar-refractivity contribution in [2.24, 2.45) is 5.92 Å². The molecular formula is C24H25F3N6O2S. The number of amides is 1. The third-order valence-corrected chi connectivity index (χ3v) is 6.43. The number of halogens is 3. The summed E-state index contributed by atoms with van der Waals surface area (Å²) in [7, 11) is 1.64. The lowest BCUT2D eigenvalue weighted by atomic mass is 10.0. The van der Waals surface area contributed by atoms with Crippen LogP contribution in [0.25, 0.3) is 27.9 Å². The van der Waals surface area contributed by atoms with Crippen molar-refractivity contribution in [2.75, 3.05) is 25.6 Å². The van der Waals surface area contributed by atoms with Crippen LogP contribution < -0.4 is 10.6 Å². The van der Waals surface area contributed by atoms with Gasteiger partial charge in [0.2, 0.25) is 0 Å². The van der Waals surface area contributed by atoms with E-state index < -0.39 is 24.0 Å². The van der Waals surface area contributed by atoms with E-state index >= 15 is 0 Å². The van der Waals surface area contributed by atoms with Gasteiger partial charge in [-0.1, -0.05) is 13.8 Å². The Morgan fingerprint density at radius 2 is 1.92 bits per heavy atom. The van der Waals surface area contributed by atoms with Crippen LogP contribution in [0.3, 0.4) is 0 Å². The highest BCUT2D eigenvalue weighted by atomic mass is 32.1. The van der Waals surface area contributed by atoms with Gasteiger partial charge < -0.3 is 15.4 Å². The third kappa shape index (κ3) is 5.65. The number of hydrogen-bond acceptors (Lipinski definition) is 7. The molecule has 0 radical (unpaired) electrons. The summed E-state index contributed by atoms with van der Waals surface area (Å²) in [6, 6.07) is 3.42. The molecule has 0 saturated carbocycles. The summed E-state index contributed by atoms with van der Waals surface area (Å²) in [5.41, 5.74) is 3.55. The maximum absolute atomic E-state index is 13.2. The van der Waals surface area contributed by atoms with E-state index in [1.54, 1.807) is 41.7 Å². The Bertz CT molecular complexity index is 1330. The monoisotopic (exact) mass is 518 g/mol. The second-order valence-electron chi connectivity index (χ2n) is 8.46. The first-order valence-electron chi connectivity index (χ1n) is 11.2. The maximum Gasteiger partial charge on any atom is 0.408 e. The number of fused-ring (bicyclic) bond motifs is 1. The second kappa shape index (κ2) is 10.6. The minimum atomic E-state index is -4.52. The summed E-state index contributed by atoms with van der Waals surface area (Å²) in [5.74, 6) is -0.815. The van der Waals surface area contributed by atoms with Gasteiger partial charge in [0.25, 0.3) is 5.91 Å². The minimum absolute atomic E-state index is 0.182. The number of nitrogens with one attached hydrogen (secondary N) is 2. The molecule has 0 unspecified atom stereocenters. The van der Waals surface area contributed by atoms with Crippen LogP contribution in [0.15, 0.2) is 48.4 Å². The van der Waals surface area contributed by atoms with Crippen molar-refractivity contribution >= 4 is 28.7 Å². The Hall–Kier alpha value is -3.51. The fraction of sp³-hybridized carbons (Fsp3) is 0.333. The van der Waals surface area contributed by atoms with Crippen LogP contribution in [-0.2, 0) is 4.74 Å². The van der Waals surface area contributed by atoms with Gasteiger partial charge in [-0.25, -0.2) is 14.5 Å². The summed E-state index contributed by atoms with van der Waals surface area (Å²) in [6.45, 7) is 4.07. The van der Waals surface area contributed by atoms with Gasteiger partial charge in [0.05, 0.1) is 17.7 Å². The lowest BCUT2D eigenvalue weighted by molar-refractivity contribution is -0.162. The summed E-state index contributed by atoms with van der Waals surface area (Å²) in [4.78, 5) is 21.6. The van der Waals surface area contributed by atoms with Crippen molar-refractivity contribution in [1.82, 2.24) is 24.9 Å². The number of thiophene rings is 1. The van der Waals surface area contributed by atoms with Crippen molar-refractivity contribution in [3.8, 4) is 22.3 Å². The second-order valence-corrected chi connectivity index (χ2v) is 9.37. The topological polar surface area (TPSA) is 93.4 Å². The van der Waals surface area contributed by atoms with E-state index in [-0.39, 0.29) is 4.88 Å². The molecule has 0 spiro atoms. The van der Waals surface area contributed by atoms with Crippen molar-refractivity contribution in [3.05, 3.63) is 53.2 Å². The zero-order valence-electron chi connectivity index (χ0n) is 19.8. The van der Waals surface area contributed by atoms with Gasteiger partial charge in [0.1, 0.15) is 11.9 Å². The van der Waals surface area contributed by atoms with Crippen LogP contribution >= 0.6 is 11.3 Å². The zero-order valence-corrected chi connectivity index (χ0v) is 20.7. The van der Waals surface area contributed by atoms with Crippen molar-refractivity contribution in [2.45, 2.75) is 26.1 Å². The summed E-state index contributed by atoms with van der Waals surface area (Å²) in [6.07, 6.45) is 2.34. The lowest BCUT2D eigenvalue weighted by Gasteiger charge is -2.24. The smallest absolute Gasteiger partial charge is 0.383 e. The molecule has 0 saturated heterocycles. The number of methoxy groups -OCH3 is 1. The molecule has 0 bridgehead atoms. The first-order chi connectivity index (χ1) is 17.2. The van der Waals surface area contributed by atoms with E-state index in [2.05, 4.69) is 25.7 Å². The van der Waals surface area contributed by atoms with Gasteiger partial charge >= 0.3 is 6.18 Å². The lowest BCUT2D eigenvalue weighted by Crippen LogP contribution is -2.48. The number of carbonyl (C=O) groups is 1. The van der Waals surface area contributed by atoms with Gasteiger partial charge in [-0.3, -0.25) is 4.79 Å². The molecule has 8 nitrogen and oxygen atoms in total. The molecule has 0 aromatic carbocycles. The van der Waals surface area contributed by atoms with Crippen molar-refractivity contribution < 1.29 is 22.7 Å². The average Bonchev–Trinajstić information content (AvgIpc) is 3.49. The van der Waals surface area contributed by atoms with E-state index in [1.807, 2.05) is 18.3 Å².